The minimum absolute atomic E-state index is 0.146. The largest absolute Gasteiger partial charge is 0.478 e. The Morgan fingerprint density at radius 3 is 2.42 bits per heavy atom. The lowest BCUT2D eigenvalue weighted by Gasteiger charge is -1.92. The molecule has 1 heterocycles. The van der Waals surface area contributed by atoms with Crippen molar-refractivity contribution in [3.8, 4) is 0 Å². The number of carbonyl (C=O) groups excluding carboxylic acids is 1. The van der Waals surface area contributed by atoms with E-state index in [9.17, 15) is 9.59 Å². The van der Waals surface area contributed by atoms with E-state index in [0.29, 0.717) is 16.7 Å². The third-order valence-electron chi connectivity index (χ3n) is 1.73. The Labute approximate surface area is 73.6 Å². The molecule has 0 saturated heterocycles. The van der Waals surface area contributed by atoms with E-state index in [1.165, 1.54) is 11.3 Å². The zero-order chi connectivity index (χ0) is 9.30. The SMILES string of the molecule is Cc1sc(C=O)c(C(=O)O)c1C. The van der Waals surface area contributed by atoms with Gasteiger partial charge in [-0.05, 0) is 19.4 Å². The van der Waals surface area contributed by atoms with E-state index in [0.717, 1.165) is 4.88 Å². The van der Waals surface area contributed by atoms with Gasteiger partial charge < -0.3 is 5.11 Å². The Kier molecular flexibility index (Phi) is 2.28. The minimum Gasteiger partial charge on any atom is -0.478 e. The molecule has 0 unspecified atom stereocenters. The summed E-state index contributed by atoms with van der Waals surface area (Å²) in [6, 6.07) is 0. The van der Waals surface area contributed by atoms with Gasteiger partial charge in [0.1, 0.15) is 0 Å². The van der Waals surface area contributed by atoms with Crippen LogP contribution < -0.4 is 0 Å². The molecular formula is C8H8O3S. The number of aromatic carboxylic acids is 1. The molecule has 1 aromatic heterocycles. The molecule has 0 saturated carbocycles. The van der Waals surface area contributed by atoms with Gasteiger partial charge in [0.25, 0.3) is 0 Å². The van der Waals surface area contributed by atoms with E-state index in [1.807, 2.05) is 0 Å². The van der Waals surface area contributed by atoms with Gasteiger partial charge in [0.2, 0.25) is 0 Å². The van der Waals surface area contributed by atoms with Crippen LogP contribution in [0, 0.1) is 13.8 Å². The van der Waals surface area contributed by atoms with Gasteiger partial charge >= 0.3 is 5.97 Å². The van der Waals surface area contributed by atoms with Crippen molar-refractivity contribution in [3.05, 3.63) is 20.9 Å². The molecule has 4 heteroatoms. The topological polar surface area (TPSA) is 54.4 Å². The van der Waals surface area contributed by atoms with Crippen LogP contribution >= 0.6 is 11.3 Å². The highest BCUT2D eigenvalue weighted by molar-refractivity contribution is 7.14. The number of hydrogen-bond donors (Lipinski definition) is 1. The minimum atomic E-state index is -1.03. The first-order valence-electron chi connectivity index (χ1n) is 3.36. The fraction of sp³-hybridized carbons (Fsp3) is 0.250. The maximum atomic E-state index is 10.7. The first-order chi connectivity index (χ1) is 5.57. The zero-order valence-electron chi connectivity index (χ0n) is 6.75. The van der Waals surface area contributed by atoms with Crippen LogP contribution in [0.2, 0.25) is 0 Å². The molecule has 1 rings (SSSR count). The fourth-order valence-electron chi connectivity index (χ4n) is 1.00. The molecule has 0 aliphatic heterocycles. The molecular weight excluding hydrogens is 176 g/mol. The second-order valence-electron chi connectivity index (χ2n) is 2.45. The Balaban J connectivity index is 3.40. The molecule has 0 aromatic carbocycles. The Morgan fingerprint density at radius 1 is 1.50 bits per heavy atom. The molecule has 0 spiro atoms. The number of aryl methyl sites for hydroxylation is 1. The van der Waals surface area contributed by atoms with Crippen LogP contribution in [0.4, 0.5) is 0 Å². The van der Waals surface area contributed by atoms with Crippen molar-refractivity contribution >= 4 is 23.6 Å². The summed E-state index contributed by atoms with van der Waals surface area (Å²) in [5.74, 6) is -1.03. The lowest BCUT2D eigenvalue weighted by molar-refractivity contribution is 0.0694. The third kappa shape index (κ3) is 1.25. The summed E-state index contributed by atoms with van der Waals surface area (Å²) < 4.78 is 0. The van der Waals surface area contributed by atoms with Crippen LogP contribution in [0.5, 0.6) is 0 Å². The number of carboxylic acid groups (broad SMARTS) is 1. The van der Waals surface area contributed by atoms with Crippen molar-refractivity contribution in [2.75, 3.05) is 0 Å². The molecule has 0 radical (unpaired) electrons. The number of thiophene rings is 1. The molecule has 3 nitrogen and oxygen atoms in total. The average Bonchev–Trinajstić information content (AvgIpc) is 2.28. The first kappa shape index (κ1) is 8.93. The van der Waals surface area contributed by atoms with E-state index >= 15 is 0 Å². The fourth-order valence-corrected chi connectivity index (χ4v) is 1.98. The molecule has 1 aromatic rings. The highest BCUT2D eigenvalue weighted by atomic mass is 32.1. The van der Waals surface area contributed by atoms with Crippen LogP contribution in [0.15, 0.2) is 0 Å². The van der Waals surface area contributed by atoms with E-state index in [-0.39, 0.29) is 5.56 Å². The van der Waals surface area contributed by atoms with Gasteiger partial charge in [0.15, 0.2) is 6.29 Å². The zero-order valence-corrected chi connectivity index (χ0v) is 7.57. The molecule has 64 valence electrons. The number of rotatable bonds is 2. The molecule has 0 aliphatic carbocycles. The lowest BCUT2D eigenvalue weighted by Crippen LogP contribution is -1.99. The Hall–Kier alpha value is -1.16. The van der Waals surface area contributed by atoms with E-state index in [4.69, 9.17) is 5.11 Å². The molecule has 1 N–H and O–H groups in total. The maximum Gasteiger partial charge on any atom is 0.337 e. The maximum absolute atomic E-state index is 10.7. The summed E-state index contributed by atoms with van der Waals surface area (Å²) in [6.45, 7) is 3.52. The predicted octanol–water partition coefficient (Wildman–Crippen LogP) is 1.88. The molecule has 0 amide bonds. The lowest BCUT2D eigenvalue weighted by atomic mass is 10.1. The number of hydrogen-bond acceptors (Lipinski definition) is 3. The first-order valence-corrected chi connectivity index (χ1v) is 4.18. The molecule has 12 heavy (non-hydrogen) atoms. The van der Waals surface area contributed by atoms with Gasteiger partial charge in [-0.3, -0.25) is 4.79 Å². The van der Waals surface area contributed by atoms with Gasteiger partial charge in [0, 0.05) is 4.88 Å². The molecule has 0 atom stereocenters. The standard InChI is InChI=1S/C8H8O3S/c1-4-5(2)12-6(3-9)7(4)8(10)11/h3H,1-2H3,(H,10,11). The molecule has 0 bridgehead atoms. The second kappa shape index (κ2) is 3.06. The van der Waals surface area contributed by atoms with E-state index in [2.05, 4.69) is 0 Å². The summed E-state index contributed by atoms with van der Waals surface area (Å²) in [4.78, 5) is 22.3. The van der Waals surface area contributed by atoms with Crippen LogP contribution in [0.25, 0.3) is 0 Å². The van der Waals surface area contributed by atoms with Crippen LogP contribution in [0.3, 0.4) is 0 Å². The smallest absolute Gasteiger partial charge is 0.337 e. The van der Waals surface area contributed by atoms with Gasteiger partial charge in [-0.25, -0.2) is 4.79 Å². The quantitative estimate of drug-likeness (QED) is 0.714. The summed E-state index contributed by atoms with van der Waals surface area (Å²) >= 11 is 1.22. The normalized spacial score (nSPS) is 9.83. The second-order valence-corrected chi connectivity index (χ2v) is 3.70. The monoisotopic (exact) mass is 184 g/mol. The van der Waals surface area contributed by atoms with Crippen molar-refractivity contribution in [1.29, 1.82) is 0 Å². The highest BCUT2D eigenvalue weighted by Crippen LogP contribution is 2.25. The van der Waals surface area contributed by atoms with Crippen molar-refractivity contribution in [1.82, 2.24) is 0 Å². The van der Waals surface area contributed by atoms with Crippen molar-refractivity contribution in [2.24, 2.45) is 0 Å². The van der Waals surface area contributed by atoms with Crippen molar-refractivity contribution in [3.63, 3.8) is 0 Å². The van der Waals surface area contributed by atoms with Crippen LogP contribution in [0.1, 0.15) is 30.5 Å². The predicted molar refractivity (Wildman–Crippen MR) is 46.1 cm³/mol. The van der Waals surface area contributed by atoms with Gasteiger partial charge in [-0.15, -0.1) is 11.3 Å². The summed E-state index contributed by atoms with van der Waals surface area (Å²) in [6.07, 6.45) is 0.591. The molecule has 0 aliphatic rings. The van der Waals surface area contributed by atoms with E-state index < -0.39 is 5.97 Å². The average molecular weight is 184 g/mol. The Morgan fingerprint density at radius 2 is 2.08 bits per heavy atom. The van der Waals surface area contributed by atoms with Gasteiger partial charge in [-0.1, -0.05) is 0 Å². The summed E-state index contributed by atoms with van der Waals surface area (Å²) in [5, 5.41) is 8.74. The van der Waals surface area contributed by atoms with E-state index in [1.54, 1.807) is 13.8 Å². The summed E-state index contributed by atoms with van der Waals surface area (Å²) in [5.41, 5.74) is 0.835. The van der Waals surface area contributed by atoms with Crippen molar-refractivity contribution < 1.29 is 14.7 Å². The van der Waals surface area contributed by atoms with Gasteiger partial charge in [-0.2, -0.15) is 0 Å². The Bertz CT molecular complexity index is 338. The van der Waals surface area contributed by atoms with Crippen molar-refractivity contribution in [2.45, 2.75) is 13.8 Å². The molecule has 0 fully saturated rings. The number of aldehydes is 1. The van der Waals surface area contributed by atoms with Gasteiger partial charge in [0.05, 0.1) is 10.4 Å². The summed E-state index contributed by atoms with van der Waals surface area (Å²) in [7, 11) is 0. The third-order valence-corrected chi connectivity index (χ3v) is 2.87. The highest BCUT2D eigenvalue weighted by Gasteiger charge is 2.17. The number of carbonyl (C=O) groups is 2. The van der Waals surface area contributed by atoms with Crippen LogP contribution in [-0.4, -0.2) is 17.4 Å². The van der Waals surface area contributed by atoms with Crippen LogP contribution in [-0.2, 0) is 0 Å². The number of carboxylic acids is 1.